The maximum Gasteiger partial charge on any atom is 0.191 e. The first-order valence-electron chi connectivity index (χ1n) is 9.44. The van der Waals surface area contributed by atoms with E-state index < -0.39 is 0 Å². The molecule has 0 heterocycles. The predicted octanol–water partition coefficient (Wildman–Crippen LogP) is 5.40. The molecule has 0 radical (unpaired) electrons. The number of nitrogens with zero attached hydrogens (tertiary/aromatic N) is 3. The lowest BCUT2D eigenvalue weighted by molar-refractivity contribution is -0.915. The van der Waals surface area contributed by atoms with Gasteiger partial charge >= 0.3 is 0 Å². The van der Waals surface area contributed by atoms with Crippen LogP contribution in [0.5, 0.6) is 0 Å². The van der Waals surface area contributed by atoms with E-state index in [2.05, 4.69) is 31.0 Å². The van der Waals surface area contributed by atoms with E-state index >= 15 is 0 Å². The molecule has 0 bridgehead atoms. The number of quaternary nitrogens is 1. The molecule has 2 rings (SSSR count). The molecule has 2 aromatic rings. The van der Waals surface area contributed by atoms with Crippen molar-refractivity contribution in [3.8, 4) is 0 Å². The van der Waals surface area contributed by atoms with Crippen molar-refractivity contribution >= 4 is 17.2 Å². The smallest absolute Gasteiger partial charge is 0.191 e. The van der Waals surface area contributed by atoms with Gasteiger partial charge in [0.1, 0.15) is 6.54 Å². The fourth-order valence-electron chi connectivity index (χ4n) is 3.07. The Bertz CT molecular complexity index is 721. The first kappa shape index (κ1) is 20.0. The minimum Gasteiger partial charge on any atom is -0.318 e. The Kier molecular flexibility index (Phi) is 7.22. The molecule has 0 aliphatic heterocycles. The topological polar surface area (TPSA) is 41.8 Å². The molecule has 0 atom stereocenters. The van der Waals surface area contributed by atoms with Crippen LogP contribution in [0.25, 0.3) is 0 Å². The van der Waals surface area contributed by atoms with Gasteiger partial charge in [-0.2, -0.15) is 10.2 Å². The highest BCUT2D eigenvalue weighted by Crippen LogP contribution is 2.19. The molecule has 0 unspecified atom stereocenters. The molecule has 0 N–H and O–H groups in total. The highest BCUT2D eigenvalue weighted by Gasteiger charge is 2.24. The third-order valence-corrected chi connectivity index (χ3v) is 5.18. The van der Waals surface area contributed by atoms with Crippen molar-refractivity contribution in [2.75, 3.05) is 26.2 Å². The fraction of sp³-hybridized carbons (Fsp3) is 0.409. The number of carbonyl (C=O) groups is 1. The second-order valence-electron chi connectivity index (χ2n) is 6.87. The number of hydrogen-bond donors (Lipinski definition) is 0. The van der Waals surface area contributed by atoms with Gasteiger partial charge in [0.15, 0.2) is 5.78 Å². The molecular formula is C22H30N3O+. The number of Topliss-reactive ketones (excluding diaryl/α,β-unsaturated/α-hetero) is 1. The summed E-state index contributed by atoms with van der Waals surface area (Å²) in [6, 6.07) is 15.7. The summed E-state index contributed by atoms with van der Waals surface area (Å²) < 4.78 is 0.863. The van der Waals surface area contributed by atoms with Crippen molar-refractivity contribution in [1.82, 2.24) is 0 Å². The average molecular weight is 353 g/mol. The van der Waals surface area contributed by atoms with E-state index in [4.69, 9.17) is 0 Å². The molecule has 26 heavy (non-hydrogen) atoms. The van der Waals surface area contributed by atoms with Crippen molar-refractivity contribution in [2.24, 2.45) is 10.2 Å². The molecule has 0 saturated heterocycles. The van der Waals surface area contributed by atoms with Crippen LogP contribution in [0.15, 0.2) is 58.8 Å². The lowest BCUT2D eigenvalue weighted by atomic mass is 10.1. The van der Waals surface area contributed by atoms with Gasteiger partial charge < -0.3 is 4.48 Å². The van der Waals surface area contributed by atoms with Crippen LogP contribution in [0.3, 0.4) is 0 Å². The van der Waals surface area contributed by atoms with Crippen LogP contribution in [0.1, 0.15) is 31.9 Å². The first-order chi connectivity index (χ1) is 12.5. The van der Waals surface area contributed by atoms with Gasteiger partial charge in [0, 0.05) is 6.42 Å². The van der Waals surface area contributed by atoms with Crippen LogP contribution in [-0.4, -0.2) is 36.4 Å². The molecule has 4 heteroatoms. The van der Waals surface area contributed by atoms with Gasteiger partial charge in [-0.15, -0.1) is 0 Å². The summed E-state index contributed by atoms with van der Waals surface area (Å²) in [5.74, 6) is 0.296. The predicted molar refractivity (Wildman–Crippen MR) is 107 cm³/mol. The highest BCUT2D eigenvalue weighted by molar-refractivity contribution is 5.82. The molecule has 0 aromatic heterocycles. The Balaban J connectivity index is 1.96. The van der Waals surface area contributed by atoms with Crippen molar-refractivity contribution in [3.05, 3.63) is 59.7 Å². The standard InChI is InChI=1S/C22H30N3O/c1-5-25(6-2,7-3)17-22(26)16-19-10-14-21(15-11-19)24-23-20-12-8-18(4)9-13-20/h8-15H,5-7,16-17H2,1-4H3/q+1. The van der Waals surface area contributed by atoms with Gasteiger partial charge in [-0.25, -0.2) is 0 Å². The summed E-state index contributed by atoms with van der Waals surface area (Å²) in [6.45, 7) is 12.1. The average Bonchev–Trinajstić information content (AvgIpc) is 2.67. The molecule has 0 saturated carbocycles. The monoisotopic (exact) mass is 352 g/mol. The number of aryl methyl sites for hydroxylation is 1. The van der Waals surface area contributed by atoms with Crippen LogP contribution in [-0.2, 0) is 11.2 Å². The Morgan fingerprint density at radius 3 is 1.73 bits per heavy atom. The molecule has 0 fully saturated rings. The van der Waals surface area contributed by atoms with E-state index in [9.17, 15) is 4.79 Å². The molecule has 138 valence electrons. The minimum atomic E-state index is 0.296. The Hall–Kier alpha value is -2.33. The van der Waals surface area contributed by atoms with Crippen LogP contribution >= 0.6 is 0 Å². The number of benzene rings is 2. The van der Waals surface area contributed by atoms with Gasteiger partial charge in [0.25, 0.3) is 0 Å². The van der Waals surface area contributed by atoms with Crippen LogP contribution in [0.4, 0.5) is 11.4 Å². The number of rotatable bonds is 9. The van der Waals surface area contributed by atoms with E-state index in [1.807, 2.05) is 55.5 Å². The van der Waals surface area contributed by atoms with Crippen LogP contribution in [0.2, 0.25) is 0 Å². The number of hydrogen-bond acceptors (Lipinski definition) is 3. The largest absolute Gasteiger partial charge is 0.318 e. The van der Waals surface area contributed by atoms with Gasteiger partial charge in [0.2, 0.25) is 0 Å². The third kappa shape index (κ3) is 5.60. The maximum absolute atomic E-state index is 12.5. The number of carbonyl (C=O) groups excluding carboxylic acids is 1. The van der Waals surface area contributed by atoms with E-state index in [1.54, 1.807) is 0 Å². The summed E-state index contributed by atoms with van der Waals surface area (Å²) >= 11 is 0. The highest BCUT2D eigenvalue weighted by atomic mass is 16.1. The van der Waals surface area contributed by atoms with Crippen LogP contribution in [0, 0.1) is 6.92 Å². The first-order valence-corrected chi connectivity index (χ1v) is 9.44. The van der Waals surface area contributed by atoms with Gasteiger partial charge in [-0.1, -0.05) is 29.8 Å². The van der Waals surface area contributed by atoms with Crippen molar-refractivity contribution < 1.29 is 9.28 Å². The summed E-state index contributed by atoms with van der Waals surface area (Å²) in [6.07, 6.45) is 0.482. The zero-order valence-electron chi connectivity index (χ0n) is 16.4. The normalized spacial score (nSPS) is 11.8. The zero-order valence-corrected chi connectivity index (χ0v) is 16.4. The second-order valence-corrected chi connectivity index (χ2v) is 6.87. The third-order valence-electron chi connectivity index (χ3n) is 5.18. The summed E-state index contributed by atoms with van der Waals surface area (Å²) in [7, 11) is 0. The SMILES string of the molecule is CC[N+](CC)(CC)CC(=O)Cc1ccc(N=Nc2ccc(C)cc2)cc1. The second kappa shape index (κ2) is 9.39. The lowest BCUT2D eigenvalue weighted by Crippen LogP contribution is -2.51. The molecule has 2 aromatic carbocycles. The van der Waals surface area contributed by atoms with Gasteiger partial charge in [-0.3, -0.25) is 4.79 Å². The molecule has 0 spiro atoms. The van der Waals surface area contributed by atoms with E-state index in [0.29, 0.717) is 18.7 Å². The molecule has 0 aliphatic rings. The number of likely N-dealkylation sites (N-methyl/N-ethyl adjacent to an activating group) is 1. The van der Waals surface area contributed by atoms with Crippen molar-refractivity contribution in [1.29, 1.82) is 0 Å². The lowest BCUT2D eigenvalue weighted by Gasteiger charge is -2.35. The molecule has 0 amide bonds. The fourth-order valence-corrected chi connectivity index (χ4v) is 3.07. The quantitative estimate of drug-likeness (QED) is 0.440. The summed E-state index contributed by atoms with van der Waals surface area (Å²) in [5, 5.41) is 8.51. The zero-order chi connectivity index (χ0) is 19.0. The van der Waals surface area contributed by atoms with Crippen molar-refractivity contribution in [3.63, 3.8) is 0 Å². The molecule has 4 nitrogen and oxygen atoms in total. The summed E-state index contributed by atoms with van der Waals surface area (Å²) in [4.78, 5) is 12.5. The van der Waals surface area contributed by atoms with E-state index in [0.717, 1.165) is 41.1 Å². The molecular weight excluding hydrogens is 322 g/mol. The van der Waals surface area contributed by atoms with E-state index in [-0.39, 0.29) is 0 Å². The summed E-state index contributed by atoms with van der Waals surface area (Å²) in [5.41, 5.74) is 3.87. The molecule has 0 aliphatic carbocycles. The van der Waals surface area contributed by atoms with Crippen LogP contribution < -0.4 is 0 Å². The Labute approximate surface area is 157 Å². The maximum atomic E-state index is 12.5. The number of ketones is 1. The Morgan fingerprint density at radius 1 is 0.808 bits per heavy atom. The van der Waals surface area contributed by atoms with E-state index in [1.165, 1.54) is 5.56 Å². The Morgan fingerprint density at radius 2 is 1.27 bits per heavy atom. The van der Waals surface area contributed by atoms with Crippen molar-refractivity contribution in [2.45, 2.75) is 34.1 Å². The van der Waals surface area contributed by atoms with Gasteiger partial charge in [0.05, 0.1) is 31.0 Å². The minimum absolute atomic E-state index is 0.296. The number of azo groups is 1. The van der Waals surface area contributed by atoms with Gasteiger partial charge in [-0.05, 0) is 57.5 Å².